The number of hydrogen-bond donors (Lipinski definition) is 3. The van der Waals surface area contributed by atoms with Crippen LogP contribution in [0.5, 0.6) is 0 Å². The van der Waals surface area contributed by atoms with E-state index in [4.69, 9.17) is 0 Å². The summed E-state index contributed by atoms with van der Waals surface area (Å²) in [5.41, 5.74) is 1.40. The second kappa shape index (κ2) is 14.4. The van der Waals surface area contributed by atoms with Gasteiger partial charge in [-0.2, -0.15) is 23.4 Å². The van der Waals surface area contributed by atoms with Crippen molar-refractivity contribution in [2.45, 2.75) is 82.0 Å². The lowest BCUT2D eigenvalue weighted by Crippen LogP contribution is -2.56. The fourth-order valence-electron chi connectivity index (χ4n) is 8.80. The Morgan fingerprint density at radius 2 is 1.80 bits per heavy atom. The summed E-state index contributed by atoms with van der Waals surface area (Å²) < 4.78 is 45.0. The molecule has 0 bridgehead atoms. The number of rotatable bonds is 8. The topological polar surface area (TPSA) is 156 Å². The first-order valence-electron chi connectivity index (χ1n) is 18.7. The fourth-order valence-corrected chi connectivity index (χ4v) is 8.80. The van der Waals surface area contributed by atoms with Crippen LogP contribution < -0.4 is 25.3 Å². The third kappa shape index (κ3) is 6.96. The van der Waals surface area contributed by atoms with Gasteiger partial charge in [-0.05, 0) is 76.1 Å². The second-order valence-corrected chi connectivity index (χ2v) is 15.1. The molecular weight excluding hydrogens is 719 g/mol. The van der Waals surface area contributed by atoms with E-state index < -0.39 is 41.8 Å². The van der Waals surface area contributed by atoms with Crippen LogP contribution in [0.15, 0.2) is 49.1 Å². The second-order valence-electron chi connectivity index (χ2n) is 15.1. The molecule has 3 aliphatic heterocycles. The molecule has 2 unspecified atom stereocenters. The van der Waals surface area contributed by atoms with E-state index in [2.05, 4.69) is 42.7 Å². The van der Waals surface area contributed by atoms with Gasteiger partial charge in [-0.25, -0.2) is 9.50 Å². The molecule has 3 fully saturated rings. The van der Waals surface area contributed by atoms with E-state index in [-0.39, 0.29) is 29.6 Å². The Labute approximate surface area is 315 Å². The molecule has 8 rings (SSSR count). The summed E-state index contributed by atoms with van der Waals surface area (Å²) in [7, 11) is 3.96. The molecule has 3 aromatic heterocycles. The van der Waals surface area contributed by atoms with Crippen molar-refractivity contribution in [2.24, 2.45) is 5.92 Å². The van der Waals surface area contributed by atoms with Crippen molar-refractivity contribution in [3.63, 3.8) is 0 Å². The van der Waals surface area contributed by atoms with E-state index in [1.54, 1.807) is 22.1 Å². The maximum Gasteiger partial charge on any atom is 0.437 e. The van der Waals surface area contributed by atoms with Crippen LogP contribution in [0, 0.1) is 5.92 Å². The highest BCUT2D eigenvalue weighted by Gasteiger charge is 2.44. The maximum absolute atomic E-state index is 14.1. The lowest BCUT2D eigenvalue weighted by Gasteiger charge is -2.40. The van der Waals surface area contributed by atoms with Crippen LogP contribution in [0.2, 0.25) is 0 Å². The van der Waals surface area contributed by atoms with Crippen molar-refractivity contribution in [3.8, 4) is 0 Å². The van der Waals surface area contributed by atoms with Gasteiger partial charge >= 0.3 is 6.18 Å². The molecule has 1 saturated carbocycles. The Kier molecular flexibility index (Phi) is 9.65. The summed E-state index contributed by atoms with van der Waals surface area (Å²) in [5, 5.41) is 24.0. The largest absolute Gasteiger partial charge is 0.437 e. The average molecular weight is 764 g/mol. The zero-order valence-electron chi connectivity index (χ0n) is 30.6. The minimum Gasteiger partial charge on any atom is -0.370 e. The highest BCUT2D eigenvalue weighted by Crippen LogP contribution is 2.47. The van der Waals surface area contributed by atoms with Gasteiger partial charge in [0.1, 0.15) is 11.6 Å². The SMILES string of the molecule is CN(C[C@H]1CC[C@H](n2cc(NC(=O)c3cnn4cccnc34)c(C(F)(F)F)n2)CC1)C1CCN(c2cccc3c2N(C)C(O)N3C2CCC(=O)NC2=O)CC1. The van der Waals surface area contributed by atoms with Gasteiger partial charge in [0.25, 0.3) is 5.91 Å². The fraction of sp³-hybridized carbons (Fsp3) is 0.514. The number of aliphatic hydroxyl groups excluding tert-OH is 1. The van der Waals surface area contributed by atoms with Crippen LogP contribution >= 0.6 is 0 Å². The molecule has 15 nitrogen and oxygen atoms in total. The molecule has 18 heteroatoms. The number of para-hydroxylation sites is 1. The van der Waals surface area contributed by atoms with Crippen LogP contribution in [0.25, 0.3) is 5.65 Å². The number of benzene rings is 1. The number of carbonyl (C=O) groups excluding carboxylic acids is 3. The maximum atomic E-state index is 14.1. The molecule has 1 aromatic carbocycles. The number of carbonyl (C=O) groups is 3. The molecule has 0 spiro atoms. The minimum atomic E-state index is -4.75. The summed E-state index contributed by atoms with van der Waals surface area (Å²) in [6, 6.07) is 7.04. The van der Waals surface area contributed by atoms with Crippen LogP contribution in [-0.4, -0.2) is 104 Å². The van der Waals surface area contributed by atoms with Gasteiger partial charge in [0.2, 0.25) is 18.2 Å². The minimum absolute atomic E-state index is 0.0613. The molecule has 1 aliphatic carbocycles. The number of halogens is 3. The Hall–Kier alpha value is -5.23. The summed E-state index contributed by atoms with van der Waals surface area (Å²) in [4.78, 5) is 49.9. The summed E-state index contributed by atoms with van der Waals surface area (Å²) in [6.45, 7) is 2.51. The molecule has 2 atom stereocenters. The number of alkyl halides is 3. The number of nitrogens with one attached hydrogen (secondary N) is 2. The zero-order valence-corrected chi connectivity index (χ0v) is 30.6. The van der Waals surface area contributed by atoms with Gasteiger partial charge in [0.15, 0.2) is 11.3 Å². The van der Waals surface area contributed by atoms with Crippen LogP contribution in [0.4, 0.5) is 35.9 Å². The number of imide groups is 1. The zero-order chi connectivity index (χ0) is 38.6. The smallest absolute Gasteiger partial charge is 0.370 e. The molecule has 3 amide bonds. The van der Waals surface area contributed by atoms with E-state index in [0.717, 1.165) is 62.4 Å². The van der Waals surface area contributed by atoms with E-state index in [0.29, 0.717) is 31.2 Å². The van der Waals surface area contributed by atoms with Crippen LogP contribution in [0.3, 0.4) is 0 Å². The number of fused-ring (bicyclic) bond motifs is 2. The first-order valence-corrected chi connectivity index (χ1v) is 18.7. The number of hydrogen-bond acceptors (Lipinski definition) is 11. The normalized spacial score (nSPS) is 23.8. The molecule has 2 saturated heterocycles. The van der Waals surface area contributed by atoms with Crippen molar-refractivity contribution >= 4 is 46.1 Å². The highest BCUT2D eigenvalue weighted by atomic mass is 19.4. The summed E-state index contributed by atoms with van der Waals surface area (Å²) in [6.07, 6.45) is 5.33. The Morgan fingerprint density at radius 3 is 2.53 bits per heavy atom. The monoisotopic (exact) mass is 763 g/mol. The van der Waals surface area contributed by atoms with Crippen molar-refractivity contribution in [2.75, 3.05) is 53.7 Å². The summed E-state index contributed by atoms with van der Waals surface area (Å²) >= 11 is 0. The van der Waals surface area contributed by atoms with Crippen molar-refractivity contribution in [1.82, 2.24) is 34.6 Å². The quantitative estimate of drug-likeness (QED) is 0.224. The predicted molar refractivity (Wildman–Crippen MR) is 197 cm³/mol. The number of piperidine rings is 2. The standard InChI is InChI=1S/C37H44F3N11O4/c1-46(23-13-17-48(18-14-23)27-5-3-6-28-31(27)47(2)36(55)51(28)29-11-12-30(52)44-35(29)54)20-22-7-9-24(10-8-22)50-21-26(32(45-50)37(38,39)40)43-34(53)25-19-42-49-16-4-15-41-33(25)49/h3-6,15-16,19,21-24,29,36,55H,7-14,17-18,20H2,1-2H3,(H,43,53)(H,44,52,54)/t22-,24-,29?,36?. The predicted octanol–water partition coefficient (Wildman–Crippen LogP) is 3.87. The summed E-state index contributed by atoms with van der Waals surface area (Å²) in [5.74, 6) is -1.05. The lowest BCUT2D eigenvalue weighted by molar-refractivity contribution is -0.141. The molecule has 6 heterocycles. The number of amides is 3. The third-order valence-electron chi connectivity index (χ3n) is 11.7. The van der Waals surface area contributed by atoms with Gasteiger partial charge in [-0.15, -0.1) is 0 Å². The van der Waals surface area contributed by atoms with Gasteiger partial charge in [-0.3, -0.25) is 24.4 Å². The van der Waals surface area contributed by atoms with Crippen molar-refractivity contribution in [3.05, 3.63) is 60.3 Å². The van der Waals surface area contributed by atoms with Gasteiger partial charge in [0, 0.05) is 57.7 Å². The van der Waals surface area contributed by atoms with Crippen LogP contribution in [0.1, 0.15) is 73.5 Å². The highest BCUT2D eigenvalue weighted by molar-refractivity contribution is 6.08. The number of aromatic nitrogens is 5. The van der Waals surface area contributed by atoms with Crippen LogP contribution in [-0.2, 0) is 15.8 Å². The van der Waals surface area contributed by atoms with Gasteiger partial charge < -0.3 is 30.0 Å². The number of aliphatic hydroxyl groups is 1. The van der Waals surface area contributed by atoms with Gasteiger partial charge in [-0.1, -0.05) is 6.07 Å². The molecule has 292 valence electrons. The molecule has 3 N–H and O–H groups in total. The van der Waals surface area contributed by atoms with E-state index >= 15 is 0 Å². The van der Waals surface area contributed by atoms with E-state index in [9.17, 15) is 32.7 Å². The van der Waals surface area contributed by atoms with E-state index in [1.165, 1.54) is 27.8 Å². The molecular formula is C37H44F3N11O4. The Morgan fingerprint density at radius 1 is 1.05 bits per heavy atom. The molecule has 0 radical (unpaired) electrons. The third-order valence-corrected chi connectivity index (χ3v) is 11.7. The molecule has 4 aromatic rings. The van der Waals surface area contributed by atoms with Crippen molar-refractivity contribution < 1.29 is 32.7 Å². The van der Waals surface area contributed by atoms with E-state index in [1.807, 2.05) is 25.2 Å². The van der Waals surface area contributed by atoms with Crippen molar-refractivity contribution in [1.29, 1.82) is 0 Å². The molecule has 4 aliphatic rings. The average Bonchev–Trinajstić information content (AvgIpc) is 3.87. The Balaban J connectivity index is 0.862. The Bertz CT molecular complexity index is 2090. The van der Waals surface area contributed by atoms with Gasteiger partial charge in [0.05, 0.1) is 35.0 Å². The molecule has 55 heavy (non-hydrogen) atoms. The number of anilines is 4. The number of nitrogens with zero attached hydrogens (tertiary/aromatic N) is 9. The first kappa shape index (κ1) is 36.7. The first-order chi connectivity index (χ1) is 26.4. The lowest BCUT2D eigenvalue weighted by atomic mass is 9.85.